The molecule has 84 valence electrons. The van der Waals surface area contributed by atoms with E-state index < -0.39 is 0 Å². The first kappa shape index (κ1) is 12.6. The third-order valence-electron chi connectivity index (χ3n) is 2.32. The Kier molecular flexibility index (Phi) is 5.16. The zero-order valence-corrected chi connectivity index (χ0v) is 11.3. The van der Waals surface area contributed by atoms with Crippen LogP contribution in [0.15, 0.2) is 24.3 Å². The van der Waals surface area contributed by atoms with Gasteiger partial charge in [0.1, 0.15) is 5.75 Å². The first-order chi connectivity index (χ1) is 7.13. The molecule has 0 saturated carbocycles. The Morgan fingerprint density at radius 3 is 2.60 bits per heavy atom. The fourth-order valence-electron chi connectivity index (χ4n) is 1.25. The maximum absolute atomic E-state index is 5.72. The molecule has 1 aromatic carbocycles. The second kappa shape index (κ2) is 6.16. The molecule has 0 radical (unpaired) electrons. The quantitative estimate of drug-likeness (QED) is 0.728. The average molecular weight is 271 g/mol. The fourth-order valence-corrected chi connectivity index (χ4v) is 1.43. The van der Waals surface area contributed by atoms with Crippen molar-refractivity contribution in [2.24, 2.45) is 5.92 Å². The Bertz CT molecular complexity index is 296. The van der Waals surface area contributed by atoms with Gasteiger partial charge in [0.2, 0.25) is 0 Å². The zero-order chi connectivity index (χ0) is 11.3. The maximum atomic E-state index is 5.72. The first-order valence-corrected chi connectivity index (χ1v) is 6.54. The van der Waals surface area contributed by atoms with Crippen molar-refractivity contribution >= 4 is 15.9 Å². The Morgan fingerprint density at radius 1 is 1.27 bits per heavy atom. The molecular formula is C13H19BrO. The molecule has 0 saturated heterocycles. The first-order valence-electron chi connectivity index (χ1n) is 5.42. The summed E-state index contributed by atoms with van der Waals surface area (Å²) in [4.78, 5) is 0. The Hall–Kier alpha value is -0.500. The van der Waals surface area contributed by atoms with E-state index >= 15 is 0 Å². The highest BCUT2D eigenvalue weighted by atomic mass is 79.9. The summed E-state index contributed by atoms with van der Waals surface area (Å²) >= 11 is 3.45. The lowest BCUT2D eigenvalue weighted by Gasteiger charge is -2.12. The second-order valence-corrected chi connectivity index (χ2v) is 4.95. The van der Waals surface area contributed by atoms with Crippen molar-refractivity contribution in [1.82, 2.24) is 0 Å². The topological polar surface area (TPSA) is 9.23 Å². The van der Waals surface area contributed by atoms with Crippen LogP contribution in [0.25, 0.3) is 0 Å². The van der Waals surface area contributed by atoms with Crippen molar-refractivity contribution in [3.63, 3.8) is 0 Å². The summed E-state index contributed by atoms with van der Waals surface area (Å²) in [6.07, 6.45) is 0. The smallest absolute Gasteiger partial charge is 0.119 e. The highest BCUT2D eigenvalue weighted by Gasteiger charge is 2.03. The van der Waals surface area contributed by atoms with Gasteiger partial charge in [-0.2, -0.15) is 0 Å². The molecule has 0 fully saturated rings. The molecule has 0 amide bonds. The van der Waals surface area contributed by atoms with Crippen molar-refractivity contribution in [1.29, 1.82) is 0 Å². The predicted molar refractivity (Wildman–Crippen MR) is 69.0 cm³/mol. The Morgan fingerprint density at radius 2 is 2.00 bits per heavy atom. The third kappa shape index (κ3) is 4.25. The van der Waals surface area contributed by atoms with Crippen LogP contribution < -0.4 is 4.74 Å². The molecule has 0 aliphatic carbocycles. The van der Waals surface area contributed by atoms with Gasteiger partial charge < -0.3 is 4.74 Å². The molecule has 0 aliphatic rings. The number of hydrogen-bond acceptors (Lipinski definition) is 1. The molecule has 0 bridgehead atoms. The van der Waals surface area contributed by atoms with E-state index in [1.807, 2.05) is 6.07 Å². The summed E-state index contributed by atoms with van der Waals surface area (Å²) in [5, 5.41) is 0.983. The lowest BCUT2D eigenvalue weighted by atomic mass is 10.0. The van der Waals surface area contributed by atoms with Crippen LogP contribution in [0, 0.1) is 5.92 Å². The van der Waals surface area contributed by atoms with Gasteiger partial charge in [0.25, 0.3) is 0 Å². The molecule has 1 nitrogen and oxygen atoms in total. The highest BCUT2D eigenvalue weighted by Crippen LogP contribution is 2.20. The summed E-state index contributed by atoms with van der Waals surface area (Å²) < 4.78 is 5.72. The van der Waals surface area contributed by atoms with Crippen molar-refractivity contribution < 1.29 is 4.74 Å². The molecule has 0 N–H and O–H groups in total. The van der Waals surface area contributed by atoms with E-state index in [1.165, 1.54) is 5.56 Å². The standard InChI is InChI=1S/C13H19BrO/c1-10(2)12-5-4-6-13(7-12)15-9-11(3)8-14/h4-7,10-11H,8-9H2,1-3H3. The lowest BCUT2D eigenvalue weighted by Crippen LogP contribution is -2.09. The van der Waals surface area contributed by atoms with Crippen LogP contribution >= 0.6 is 15.9 Å². The highest BCUT2D eigenvalue weighted by molar-refractivity contribution is 9.09. The van der Waals surface area contributed by atoms with E-state index in [4.69, 9.17) is 4.74 Å². The van der Waals surface area contributed by atoms with E-state index in [1.54, 1.807) is 0 Å². The molecule has 1 unspecified atom stereocenters. The van der Waals surface area contributed by atoms with Gasteiger partial charge in [0, 0.05) is 5.33 Å². The number of hydrogen-bond donors (Lipinski definition) is 0. The second-order valence-electron chi connectivity index (χ2n) is 4.30. The molecule has 0 aliphatic heterocycles. The Labute approximate surface area is 101 Å². The van der Waals surface area contributed by atoms with Crippen LogP contribution in [0.5, 0.6) is 5.75 Å². The zero-order valence-electron chi connectivity index (χ0n) is 9.66. The molecular weight excluding hydrogens is 252 g/mol. The third-order valence-corrected chi connectivity index (χ3v) is 3.43. The maximum Gasteiger partial charge on any atom is 0.119 e. The van der Waals surface area contributed by atoms with Crippen LogP contribution in [-0.2, 0) is 0 Å². The average Bonchev–Trinajstić information content (AvgIpc) is 2.26. The van der Waals surface area contributed by atoms with Crippen LogP contribution in [0.1, 0.15) is 32.3 Å². The number of ether oxygens (including phenoxy) is 1. The monoisotopic (exact) mass is 270 g/mol. The molecule has 0 aromatic heterocycles. The van der Waals surface area contributed by atoms with Crippen LogP contribution in [0.3, 0.4) is 0 Å². The van der Waals surface area contributed by atoms with Crippen LogP contribution in [0.4, 0.5) is 0 Å². The number of rotatable bonds is 5. The molecule has 15 heavy (non-hydrogen) atoms. The van der Waals surface area contributed by atoms with Gasteiger partial charge in [-0.15, -0.1) is 0 Å². The SMILES string of the molecule is CC(CBr)COc1cccc(C(C)C)c1. The van der Waals surface area contributed by atoms with Gasteiger partial charge in [0.15, 0.2) is 0 Å². The number of alkyl halides is 1. The molecule has 0 spiro atoms. The lowest BCUT2D eigenvalue weighted by molar-refractivity contribution is 0.274. The van der Waals surface area contributed by atoms with Gasteiger partial charge >= 0.3 is 0 Å². The van der Waals surface area contributed by atoms with Crippen molar-refractivity contribution in [3.05, 3.63) is 29.8 Å². The van der Waals surface area contributed by atoms with E-state index in [0.29, 0.717) is 11.8 Å². The van der Waals surface area contributed by atoms with E-state index in [2.05, 4.69) is 54.9 Å². The van der Waals surface area contributed by atoms with Crippen molar-refractivity contribution in [3.8, 4) is 5.75 Å². The largest absolute Gasteiger partial charge is 0.493 e. The van der Waals surface area contributed by atoms with E-state index in [-0.39, 0.29) is 0 Å². The normalized spacial score (nSPS) is 12.9. The minimum absolute atomic E-state index is 0.549. The van der Waals surface area contributed by atoms with Gasteiger partial charge in [0.05, 0.1) is 6.61 Å². The summed E-state index contributed by atoms with van der Waals surface area (Å²) in [6.45, 7) is 7.33. The molecule has 1 aromatic rings. The molecule has 0 heterocycles. The van der Waals surface area contributed by atoms with Crippen molar-refractivity contribution in [2.45, 2.75) is 26.7 Å². The number of benzene rings is 1. The van der Waals surface area contributed by atoms with Gasteiger partial charge in [-0.25, -0.2) is 0 Å². The van der Waals surface area contributed by atoms with Gasteiger partial charge in [-0.1, -0.05) is 48.8 Å². The summed E-state index contributed by atoms with van der Waals surface area (Å²) in [6, 6.07) is 8.35. The molecule has 1 atom stereocenters. The van der Waals surface area contributed by atoms with Gasteiger partial charge in [-0.3, -0.25) is 0 Å². The van der Waals surface area contributed by atoms with Crippen LogP contribution in [-0.4, -0.2) is 11.9 Å². The number of halogens is 1. The summed E-state index contributed by atoms with van der Waals surface area (Å²) in [5.41, 5.74) is 1.33. The van der Waals surface area contributed by atoms with Crippen molar-refractivity contribution in [2.75, 3.05) is 11.9 Å². The Balaban J connectivity index is 2.58. The van der Waals surface area contributed by atoms with E-state index in [0.717, 1.165) is 17.7 Å². The minimum Gasteiger partial charge on any atom is -0.493 e. The summed E-state index contributed by atoms with van der Waals surface area (Å²) in [5.74, 6) is 2.09. The van der Waals surface area contributed by atoms with Crippen LogP contribution in [0.2, 0.25) is 0 Å². The fraction of sp³-hybridized carbons (Fsp3) is 0.538. The molecule has 2 heteroatoms. The predicted octanol–water partition coefficient (Wildman–Crippen LogP) is 4.22. The summed E-state index contributed by atoms with van der Waals surface area (Å²) in [7, 11) is 0. The molecule has 1 rings (SSSR count). The van der Waals surface area contributed by atoms with Gasteiger partial charge in [-0.05, 0) is 29.5 Å². The minimum atomic E-state index is 0.549. The van der Waals surface area contributed by atoms with E-state index in [9.17, 15) is 0 Å².